The van der Waals surface area contributed by atoms with Crippen LogP contribution in [0.1, 0.15) is 39.9 Å². The number of fused-ring (bicyclic) bond motifs is 1. The van der Waals surface area contributed by atoms with E-state index < -0.39 is 5.63 Å². The molecule has 1 radical (unpaired) electrons. The number of ether oxygens (including phenoxy) is 1. The zero-order valence-corrected chi connectivity index (χ0v) is 23.7. The summed E-state index contributed by atoms with van der Waals surface area (Å²) in [6.07, 6.45) is 3.56. The van der Waals surface area contributed by atoms with Gasteiger partial charge in [-0.1, -0.05) is 19.1 Å². The van der Waals surface area contributed by atoms with Crippen molar-refractivity contribution in [2.24, 2.45) is 0 Å². The molecule has 0 saturated carbocycles. The molecule has 1 aliphatic rings. The summed E-state index contributed by atoms with van der Waals surface area (Å²) in [6.45, 7) is 5.78. The fourth-order valence-electron chi connectivity index (χ4n) is 4.87. The zero-order chi connectivity index (χ0) is 25.1. The molecule has 0 unspecified atom stereocenters. The molecular formula is C30H28NO5Y-. The smallest absolute Gasteiger partial charge is 0.342 e. The fraction of sp³-hybridized carbons (Fsp3) is 0.267. The molecule has 37 heavy (non-hydrogen) atoms. The Morgan fingerprint density at radius 3 is 2.59 bits per heavy atom. The maximum atomic E-state index is 13.2. The summed E-state index contributed by atoms with van der Waals surface area (Å²) in [5.41, 5.74) is 3.70. The molecule has 4 aromatic rings. The van der Waals surface area contributed by atoms with Gasteiger partial charge in [-0.05, 0) is 61.7 Å². The second-order valence-corrected chi connectivity index (χ2v) is 9.23. The summed E-state index contributed by atoms with van der Waals surface area (Å²) in [5, 5.41) is 10.8. The summed E-state index contributed by atoms with van der Waals surface area (Å²) in [6, 6.07) is 19.2. The first-order valence-electron chi connectivity index (χ1n) is 12.2. The maximum absolute atomic E-state index is 13.2. The quantitative estimate of drug-likeness (QED) is 0.179. The van der Waals surface area contributed by atoms with Crippen LogP contribution in [0.15, 0.2) is 63.8 Å². The van der Waals surface area contributed by atoms with Gasteiger partial charge < -0.3 is 14.3 Å². The van der Waals surface area contributed by atoms with Crippen LogP contribution in [0.2, 0.25) is 0 Å². The van der Waals surface area contributed by atoms with Crippen molar-refractivity contribution < 1.29 is 51.8 Å². The Morgan fingerprint density at radius 2 is 1.89 bits per heavy atom. The third-order valence-corrected chi connectivity index (χ3v) is 6.81. The summed E-state index contributed by atoms with van der Waals surface area (Å²) < 4.78 is 11.5. The number of aryl methyl sites for hydroxylation is 1. The van der Waals surface area contributed by atoms with Gasteiger partial charge in [0.25, 0.3) is 0 Å². The van der Waals surface area contributed by atoms with Crippen molar-refractivity contribution in [3.05, 3.63) is 93.3 Å². The molecule has 0 bridgehead atoms. The number of aldehydes is 1. The van der Waals surface area contributed by atoms with E-state index in [-0.39, 0.29) is 49.6 Å². The van der Waals surface area contributed by atoms with E-state index in [0.717, 1.165) is 47.6 Å². The number of hydrogen-bond donors (Lipinski definition) is 1. The minimum Gasteiger partial charge on any atom is -0.507 e. The molecule has 1 aliphatic heterocycles. The number of aromatic hydroxyl groups is 1. The van der Waals surface area contributed by atoms with E-state index in [1.165, 1.54) is 18.9 Å². The molecule has 187 valence electrons. The maximum Gasteiger partial charge on any atom is 0.342 e. The standard InChI is InChI=1S/C30H28NO5.Y/c1-20-6-2-3-7-24(20)29-26(25-17-22(19-32)27(33)18-28(25)36-30(29)34)16-21-8-10-23(11-9-21)35-15-14-31-12-4-5-13-31;/h3,6-11,17-19,33H,4-5,12-16H2,1H3;/q-1;. The van der Waals surface area contributed by atoms with Crippen molar-refractivity contribution in [2.75, 3.05) is 26.2 Å². The van der Waals surface area contributed by atoms with Gasteiger partial charge in [-0.25, -0.2) is 4.79 Å². The molecule has 5 rings (SSSR count). The van der Waals surface area contributed by atoms with E-state index in [2.05, 4.69) is 11.0 Å². The van der Waals surface area contributed by atoms with Gasteiger partial charge in [0.1, 0.15) is 23.7 Å². The number of rotatable bonds is 8. The van der Waals surface area contributed by atoms with E-state index in [4.69, 9.17) is 9.15 Å². The average molecular weight is 571 g/mol. The van der Waals surface area contributed by atoms with E-state index in [1.807, 2.05) is 43.3 Å². The number of benzene rings is 3. The second-order valence-electron chi connectivity index (χ2n) is 9.23. The van der Waals surface area contributed by atoms with Gasteiger partial charge in [0.2, 0.25) is 0 Å². The van der Waals surface area contributed by atoms with Crippen LogP contribution in [-0.4, -0.2) is 42.5 Å². The molecule has 0 spiro atoms. The molecule has 6 nitrogen and oxygen atoms in total. The van der Waals surface area contributed by atoms with Gasteiger partial charge in [-0.15, -0.1) is 5.56 Å². The zero-order valence-electron chi connectivity index (χ0n) is 20.8. The van der Waals surface area contributed by atoms with Crippen LogP contribution in [0.25, 0.3) is 22.1 Å². The van der Waals surface area contributed by atoms with Crippen LogP contribution >= 0.6 is 0 Å². The Labute approximate surface area is 241 Å². The van der Waals surface area contributed by atoms with Gasteiger partial charge in [-0.2, -0.15) is 29.8 Å². The molecule has 0 atom stereocenters. The number of carbonyl (C=O) groups is 1. The van der Waals surface area contributed by atoms with E-state index >= 15 is 0 Å². The second kappa shape index (κ2) is 12.2. The third kappa shape index (κ3) is 6.03. The van der Waals surface area contributed by atoms with Crippen molar-refractivity contribution in [3.63, 3.8) is 0 Å². The Hall–Kier alpha value is -2.80. The molecule has 2 heterocycles. The van der Waals surface area contributed by atoms with Crippen LogP contribution in [0, 0.1) is 13.0 Å². The van der Waals surface area contributed by atoms with Crippen LogP contribution in [0.3, 0.4) is 0 Å². The number of carbonyl (C=O) groups excluding carboxylic acids is 1. The van der Waals surface area contributed by atoms with Crippen molar-refractivity contribution >= 4 is 17.3 Å². The Balaban J connectivity index is 0.00000320. The Kier molecular flexibility index (Phi) is 8.96. The van der Waals surface area contributed by atoms with Gasteiger partial charge in [0.15, 0.2) is 6.29 Å². The van der Waals surface area contributed by atoms with Gasteiger partial charge in [-0.3, -0.25) is 9.69 Å². The number of hydrogen-bond acceptors (Lipinski definition) is 6. The molecule has 1 N–H and O–H groups in total. The largest absolute Gasteiger partial charge is 0.507 e. The Bertz CT molecular complexity index is 1460. The molecule has 1 fully saturated rings. The normalized spacial score (nSPS) is 13.4. The average Bonchev–Trinajstić information content (AvgIpc) is 3.39. The first-order valence-corrected chi connectivity index (χ1v) is 12.2. The van der Waals surface area contributed by atoms with Crippen LogP contribution in [0.4, 0.5) is 0 Å². The number of phenolic OH excluding ortho intramolecular Hbond substituents is 1. The fourth-order valence-corrected chi connectivity index (χ4v) is 4.87. The summed E-state index contributed by atoms with van der Waals surface area (Å²) in [5.74, 6) is 0.582. The van der Waals surface area contributed by atoms with E-state index in [1.54, 1.807) is 12.1 Å². The van der Waals surface area contributed by atoms with Crippen molar-refractivity contribution in [3.8, 4) is 22.6 Å². The molecule has 7 heteroatoms. The first kappa shape index (κ1) is 27.2. The van der Waals surface area contributed by atoms with Crippen molar-refractivity contribution in [2.45, 2.75) is 26.2 Å². The molecule has 1 aromatic heterocycles. The minimum absolute atomic E-state index is 0. The number of phenols is 1. The molecule has 0 amide bonds. The molecular weight excluding hydrogens is 543 g/mol. The van der Waals surface area contributed by atoms with Gasteiger partial charge in [0.05, 0.1) is 5.56 Å². The molecule has 0 aliphatic carbocycles. The topological polar surface area (TPSA) is 80.0 Å². The molecule has 1 saturated heterocycles. The number of nitrogens with zero attached hydrogens (tertiary/aromatic N) is 1. The van der Waals surface area contributed by atoms with Crippen molar-refractivity contribution in [1.82, 2.24) is 4.90 Å². The minimum atomic E-state index is -0.494. The Morgan fingerprint density at radius 1 is 1.14 bits per heavy atom. The van der Waals surface area contributed by atoms with Crippen LogP contribution in [0.5, 0.6) is 11.5 Å². The third-order valence-electron chi connectivity index (χ3n) is 6.81. The van der Waals surface area contributed by atoms with Gasteiger partial charge in [0, 0.05) is 56.3 Å². The summed E-state index contributed by atoms with van der Waals surface area (Å²) in [7, 11) is 0. The summed E-state index contributed by atoms with van der Waals surface area (Å²) in [4.78, 5) is 27.2. The monoisotopic (exact) mass is 571 g/mol. The predicted molar refractivity (Wildman–Crippen MR) is 139 cm³/mol. The van der Waals surface area contributed by atoms with E-state index in [0.29, 0.717) is 30.3 Å². The predicted octanol–water partition coefficient (Wildman–Crippen LogP) is 5.15. The van der Waals surface area contributed by atoms with Crippen LogP contribution in [-0.2, 0) is 39.1 Å². The number of likely N-dealkylation sites (tertiary alicyclic amines) is 1. The van der Waals surface area contributed by atoms with Crippen molar-refractivity contribution in [1.29, 1.82) is 0 Å². The molecule has 3 aromatic carbocycles. The summed E-state index contributed by atoms with van der Waals surface area (Å²) >= 11 is 0. The first-order chi connectivity index (χ1) is 17.5. The van der Waals surface area contributed by atoms with Gasteiger partial charge >= 0.3 is 5.63 Å². The van der Waals surface area contributed by atoms with Crippen LogP contribution < -0.4 is 10.4 Å². The SMILES string of the molecule is Cc1c[c-]ccc1-c1c(Cc2ccc(OCCN3CCCC3)cc2)c2cc(C=O)c(O)cc2oc1=O.[Y]. The van der Waals surface area contributed by atoms with E-state index in [9.17, 15) is 14.7 Å².